The molecule has 1 aromatic heterocycles. The molecule has 2 rings (SSSR count). The van der Waals surface area contributed by atoms with Crippen LogP contribution < -0.4 is 4.90 Å². The fourth-order valence-electron chi connectivity index (χ4n) is 2.36. The van der Waals surface area contributed by atoms with Gasteiger partial charge in [-0.15, -0.1) is 0 Å². The van der Waals surface area contributed by atoms with Gasteiger partial charge < -0.3 is 14.5 Å². The van der Waals surface area contributed by atoms with Gasteiger partial charge in [0.15, 0.2) is 5.69 Å². The minimum absolute atomic E-state index is 0.236. The maximum atomic E-state index is 11.3. The summed E-state index contributed by atoms with van der Waals surface area (Å²) < 4.78 is 4.61. The van der Waals surface area contributed by atoms with Crippen LogP contribution in [0.15, 0.2) is 12.4 Å². The molecular weight excluding hydrogens is 244 g/mol. The molecule has 104 valence electrons. The van der Waals surface area contributed by atoms with Gasteiger partial charge in [0.2, 0.25) is 0 Å². The Hall–Kier alpha value is -1.69. The van der Waals surface area contributed by atoms with Crippen molar-refractivity contribution in [2.24, 2.45) is 0 Å². The third-order valence-electron chi connectivity index (χ3n) is 3.54. The molecule has 0 N–H and O–H groups in total. The summed E-state index contributed by atoms with van der Waals surface area (Å²) in [5.74, 6) is 0.326. The van der Waals surface area contributed by atoms with E-state index in [1.54, 1.807) is 6.20 Å². The van der Waals surface area contributed by atoms with Crippen molar-refractivity contribution in [1.29, 1.82) is 0 Å². The zero-order chi connectivity index (χ0) is 13.8. The van der Waals surface area contributed by atoms with Gasteiger partial charge >= 0.3 is 5.97 Å². The van der Waals surface area contributed by atoms with Crippen molar-refractivity contribution < 1.29 is 9.53 Å². The predicted molar refractivity (Wildman–Crippen MR) is 72.3 cm³/mol. The van der Waals surface area contributed by atoms with Crippen molar-refractivity contribution in [2.75, 3.05) is 39.2 Å². The van der Waals surface area contributed by atoms with Gasteiger partial charge in [-0.25, -0.2) is 14.8 Å². The fraction of sp³-hybridized carbons (Fsp3) is 0.615. The Morgan fingerprint density at radius 2 is 2.26 bits per heavy atom. The van der Waals surface area contributed by atoms with E-state index in [0.29, 0.717) is 6.04 Å². The lowest BCUT2D eigenvalue weighted by atomic mass is 10.1. The summed E-state index contributed by atoms with van der Waals surface area (Å²) in [5, 5.41) is 0. The average molecular weight is 264 g/mol. The topological polar surface area (TPSA) is 58.6 Å². The van der Waals surface area contributed by atoms with Crippen LogP contribution in [0, 0.1) is 0 Å². The number of esters is 1. The molecule has 6 heteroatoms. The molecule has 0 aliphatic carbocycles. The van der Waals surface area contributed by atoms with E-state index in [1.165, 1.54) is 19.7 Å². The molecule has 0 aromatic carbocycles. The lowest BCUT2D eigenvalue weighted by Gasteiger charge is -2.36. The molecule has 19 heavy (non-hydrogen) atoms. The highest BCUT2D eigenvalue weighted by atomic mass is 16.5. The van der Waals surface area contributed by atoms with Gasteiger partial charge in [0.1, 0.15) is 5.82 Å². The van der Waals surface area contributed by atoms with Crippen LogP contribution in [-0.2, 0) is 4.74 Å². The van der Waals surface area contributed by atoms with Gasteiger partial charge in [0.25, 0.3) is 0 Å². The molecule has 1 aliphatic heterocycles. The molecule has 0 radical (unpaired) electrons. The molecule has 0 amide bonds. The molecule has 1 aliphatic rings. The van der Waals surface area contributed by atoms with Gasteiger partial charge in [0, 0.05) is 19.6 Å². The van der Waals surface area contributed by atoms with Crippen LogP contribution in [0.1, 0.15) is 23.3 Å². The molecule has 1 fully saturated rings. The van der Waals surface area contributed by atoms with Crippen molar-refractivity contribution in [3.63, 3.8) is 0 Å². The number of aromatic nitrogens is 2. The third kappa shape index (κ3) is 3.20. The number of carbonyl (C=O) groups is 1. The first kappa shape index (κ1) is 13.7. The van der Waals surface area contributed by atoms with Crippen LogP contribution >= 0.6 is 0 Å². The van der Waals surface area contributed by atoms with Crippen LogP contribution in [0.3, 0.4) is 0 Å². The second-order valence-corrected chi connectivity index (χ2v) is 4.92. The van der Waals surface area contributed by atoms with E-state index in [1.807, 2.05) is 7.05 Å². The summed E-state index contributed by atoms with van der Waals surface area (Å²) in [4.78, 5) is 24.1. The molecule has 0 spiro atoms. The van der Waals surface area contributed by atoms with E-state index < -0.39 is 5.97 Å². The molecular formula is C13H20N4O2. The zero-order valence-corrected chi connectivity index (χ0v) is 11.7. The van der Waals surface area contributed by atoms with Crippen molar-refractivity contribution in [3.8, 4) is 0 Å². The number of anilines is 1. The van der Waals surface area contributed by atoms with E-state index in [0.717, 1.165) is 25.3 Å². The van der Waals surface area contributed by atoms with Crippen molar-refractivity contribution in [3.05, 3.63) is 18.1 Å². The Kier molecular flexibility index (Phi) is 4.31. The number of methoxy groups -OCH3 is 1. The predicted octanol–water partition coefficient (Wildman–Crippen LogP) is 0.794. The first-order valence-corrected chi connectivity index (χ1v) is 6.43. The molecule has 1 aromatic rings. The lowest BCUT2D eigenvalue weighted by molar-refractivity contribution is 0.0593. The van der Waals surface area contributed by atoms with E-state index in [4.69, 9.17) is 0 Å². The van der Waals surface area contributed by atoms with Crippen LogP contribution in [0.25, 0.3) is 0 Å². The summed E-state index contributed by atoms with van der Waals surface area (Å²) in [7, 11) is 5.49. The smallest absolute Gasteiger partial charge is 0.358 e. The Balaban J connectivity index is 2.06. The van der Waals surface area contributed by atoms with Crippen LogP contribution in [0.4, 0.5) is 5.82 Å². The molecule has 0 bridgehead atoms. The second kappa shape index (κ2) is 5.97. The van der Waals surface area contributed by atoms with Crippen LogP contribution in [-0.4, -0.2) is 61.2 Å². The third-order valence-corrected chi connectivity index (χ3v) is 3.54. The SMILES string of the molecule is COC(=O)c1cnc(N(C)C2CCCN(C)C2)cn1. The van der Waals surface area contributed by atoms with Gasteiger partial charge in [-0.1, -0.05) is 0 Å². The van der Waals surface area contributed by atoms with Crippen molar-refractivity contribution >= 4 is 11.8 Å². The highest BCUT2D eigenvalue weighted by Crippen LogP contribution is 2.18. The zero-order valence-electron chi connectivity index (χ0n) is 11.7. The minimum atomic E-state index is -0.459. The number of piperidine rings is 1. The second-order valence-electron chi connectivity index (χ2n) is 4.92. The average Bonchev–Trinajstić information content (AvgIpc) is 2.46. The molecule has 1 unspecified atom stereocenters. The number of likely N-dealkylation sites (N-methyl/N-ethyl adjacent to an activating group) is 2. The number of ether oxygens (including phenoxy) is 1. The summed E-state index contributed by atoms with van der Waals surface area (Å²) in [5.41, 5.74) is 0.236. The van der Waals surface area contributed by atoms with Gasteiger partial charge in [-0.05, 0) is 26.4 Å². The first-order chi connectivity index (χ1) is 9.11. The number of hydrogen-bond acceptors (Lipinski definition) is 6. The monoisotopic (exact) mass is 264 g/mol. The standard InChI is InChI=1S/C13H20N4O2/c1-16-6-4-5-10(9-16)17(2)12-8-14-11(7-15-12)13(18)19-3/h7-8,10H,4-6,9H2,1-3H3. The van der Waals surface area contributed by atoms with Crippen LogP contribution in [0.2, 0.25) is 0 Å². The highest BCUT2D eigenvalue weighted by Gasteiger charge is 2.22. The van der Waals surface area contributed by atoms with E-state index >= 15 is 0 Å². The summed E-state index contributed by atoms with van der Waals surface area (Å²) >= 11 is 0. The lowest BCUT2D eigenvalue weighted by Crippen LogP contribution is -2.45. The Morgan fingerprint density at radius 1 is 1.47 bits per heavy atom. The molecule has 2 heterocycles. The fourth-order valence-corrected chi connectivity index (χ4v) is 2.36. The van der Waals surface area contributed by atoms with E-state index in [9.17, 15) is 4.79 Å². The Bertz CT molecular complexity index is 435. The van der Waals surface area contributed by atoms with Crippen molar-refractivity contribution in [2.45, 2.75) is 18.9 Å². The van der Waals surface area contributed by atoms with Gasteiger partial charge in [-0.3, -0.25) is 0 Å². The van der Waals surface area contributed by atoms with Gasteiger partial charge in [0.05, 0.1) is 19.5 Å². The molecule has 6 nitrogen and oxygen atoms in total. The normalized spacial score (nSPS) is 20.1. The largest absolute Gasteiger partial charge is 0.464 e. The first-order valence-electron chi connectivity index (χ1n) is 6.43. The van der Waals surface area contributed by atoms with Crippen molar-refractivity contribution in [1.82, 2.24) is 14.9 Å². The molecule has 0 saturated carbocycles. The minimum Gasteiger partial charge on any atom is -0.464 e. The number of nitrogens with zero attached hydrogens (tertiary/aromatic N) is 4. The Labute approximate surface area is 113 Å². The summed E-state index contributed by atoms with van der Waals surface area (Å²) in [6, 6.07) is 0.442. The summed E-state index contributed by atoms with van der Waals surface area (Å²) in [6.07, 6.45) is 5.44. The number of carbonyl (C=O) groups excluding carboxylic acids is 1. The molecule has 1 saturated heterocycles. The number of hydrogen-bond donors (Lipinski definition) is 0. The molecule has 1 atom stereocenters. The summed E-state index contributed by atoms with van der Waals surface area (Å²) in [6.45, 7) is 2.17. The number of rotatable bonds is 3. The quantitative estimate of drug-likeness (QED) is 0.752. The Morgan fingerprint density at radius 3 is 2.84 bits per heavy atom. The van der Waals surface area contributed by atoms with Crippen LogP contribution in [0.5, 0.6) is 0 Å². The van der Waals surface area contributed by atoms with Gasteiger partial charge in [-0.2, -0.15) is 0 Å². The van der Waals surface area contributed by atoms with E-state index in [2.05, 4.69) is 31.6 Å². The highest BCUT2D eigenvalue weighted by molar-refractivity contribution is 5.86. The van der Waals surface area contributed by atoms with E-state index in [-0.39, 0.29) is 5.69 Å². The maximum Gasteiger partial charge on any atom is 0.358 e. The maximum absolute atomic E-state index is 11.3. The number of likely N-dealkylation sites (tertiary alicyclic amines) is 1.